The van der Waals surface area contributed by atoms with Crippen LogP contribution in [-0.2, 0) is 0 Å². The van der Waals surface area contributed by atoms with E-state index in [4.69, 9.17) is 0 Å². The first-order valence-electron chi connectivity index (χ1n) is 5.14. The quantitative estimate of drug-likeness (QED) is 0.639. The minimum atomic E-state index is -0.353. The molecule has 0 saturated heterocycles. The normalized spacial score (nSPS) is 10.6. The third-order valence-electron chi connectivity index (χ3n) is 2.55. The number of fused-ring (bicyclic) bond motifs is 1. The number of halogens is 1. The lowest BCUT2D eigenvalue weighted by molar-refractivity contribution is 0.622. The molecule has 0 aliphatic carbocycles. The molecule has 2 heterocycles. The van der Waals surface area contributed by atoms with Gasteiger partial charge in [-0.3, -0.25) is 4.98 Å². The summed E-state index contributed by atoms with van der Waals surface area (Å²) in [6, 6.07) is 7.16. The van der Waals surface area contributed by atoms with E-state index < -0.39 is 0 Å². The molecular weight excluding hydrogens is 217 g/mol. The van der Waals surface area contributed by atoms with E-state index in [1.165, 1.54) is 18.6 Å². The van der Waals surface area contributed by atoms with Crippen molar-refractivity contribution in [3.05, 3.63) is 55.0 Å². The minimum Gasteiger partial charge on any atom is -0.261 e. The zero-order valence-corrected chi connectivity index (χ0v) is 8.84. The van der Waals surface area contributed by atoms with E-state index in [2.05, 4.69) is 15.0 Å². The van der Waals surface area contributed by atoms with E-state index in [-0.39, 0.29) is 5.82 Å². The highest BCUT2D eigenvalue weighted by molar-refractivity contribution is 5.92. The van der Waals surface area contributed by atoms with Crippen LogP contribution in [0, 0.1) is 5.82 Å². The number of pyridine rings is 1. The van der Waals surface area contributed by atoms with Crippen LogP contribution in [-0.4, -0.2) is 15.0 Å². The smallest absolute Gasteiger partial charge is 0.142 e. The molecule has 2 aromatic heterocycles. The Morgan fingerprint density at radius 2 is 1.94 bits per heavy atom. The minimum absolute atomic E-state index is 0.353. The lowest BCUT2D eigenvalue weighted by Crippen LogP contribution is -1.87. The van der Waals surface area contributed by atoms with Gasteiger partial charge >= 0.3 is 0 Å². The first-order chi connectivity index (χ1) is 8.34. The predicted octanol–water partition coefficient (Wildman–Crippen LogP) is 2.83. The lowest BCUT2D eigenvalue weighted by atomic mass is 10.0. The first-order valence-corrected chi connectivity index (χ1v) is 5.14. The van der Waals surface area contributed by atoms with Crippen LogP contribution in [0.25, 0.3) is 22.0 Å². The fourth-order valence-corrected chi connectivity index (χ4v) is 1.81. The van der Waals surface area contributed by atoms with Crippen LogP contribution >= 0.6 is 0 Å². The van der Waals surface area contributed by atoms with Gasteiger partial charge in [0.15, 0.2) is 0 Å². The number of benzene rings is 1. The van der Waals surface area contributed by atoms with Gasteiger partial charge in [0, 0.05) is 28.9 Å². The molecule has 0 amide bonds. The summed E-state index contributed by atoms with van der Waals surface area (Å²) in [6.07, 6.45) is 6.03. The van der Waals surface area contributed by atoms with Crippen molar-refractivity contribution in [3.8, 4) is 11.1 Å². The van der Waals surface area contributed by atoms with Gasteiger partial charge in [0.1, 0.15) is 12.1 Å². The van der Waals surface area contributed by atoms with E-state index in [1.807, 2.05) is 18.2 Å². The Kier molecular flexibility index (Phi) is 2.26. The summed E-state index contributed by atoms with van der Waals surface area (Å²) in [4.78, 5) is 12.0. The van der Waals surface area contributed by atoms with E-state index in [0.717, 1.165) is 16.5 Å². The average molecular weight is 225 g/mol. The van der Waals surface area contributed by atoms with Crippen molar-refractivity contribution in [2.45, 2.75) is 0 Å². The standard InChI is InChI=1S/C13H8FN3/c14-11-4-10(6-15-7-11)12-3-1-2-9-5-16-8-17-13(9)12/h1-8H. The van der Waals surface area contributed by atoms with Gasteiger partial charge in [-0.1, -0.05) is 18.2 Å². The second-order valence-electron chi connectivity index (χ2n) is 3.66. The molecule has 0 N–H and O–H groups in total. The van der Waals surface area contributed by atoms with Crippen molar-refractivity contribution in [3.63, 3.8) is 0 Å². The molecule has 0 unspecified atom stereocenters. The molecule has 3 nitrogen and oxygen atoms in total. The van der Waals surface area contributed by atoms with Crippen molar-refractivity contribution in [1.29, 1.82) is 0 Å². The maximum absolute atomic E-state index is 13.2. The first kappa shape index (κ1) is 9.84. The van der Waals surface area contributed by atoms with Crippen LogP contribution in [0.3, 0.4) is 0 Å². The molecule has 1 aromatic carbocycles. The van der Waals surface area contributed by atoms with Crippen LogP contribution < -0.4 is 0 Å². The van der Waals surface area contributed by atoms with Gasteiger partial charge in [-0.25, -0.2) is 14.4 Å². The SMILES string of the molecule is Fc1cncc(-c2cccc3cncnc23)c1. The molecule has 0 aliphatic rings. The van der Waals surface area contributed by atoms with Crippen LogP contribution in [0.1, 0.15) is 0 Å². The molecule has 3 aromatic rings. The zero-order chi connectivity index (χ0) is 11.7. The van der Waals surface area contributed by atoms with E-state index in [0.29, 0.717) is 5.56 Å². The molecule has 0 aliphatic heterocycles. The largest absolute Gasteiger partial charge is 0.261 e. The summed E-state index contributed by atoms with van der Waals surface area (Å²) in [6.45, 7) is 0. The number of hydrogen-bond donors (Lipinski definition) is 0. The Morgan fingerprint density at radius 1 is 1.00 bits per heavy atom. The van der Waals surface area contributed by atoms with E-state index in [9.17, 15) is 4.39 Å². The van der Waals surface area contributed by atoms with Crippen LogP contribution in [0.2, 0.25) is 0 Å². The molecule has 17 heavy (non-hydrogen) atoms. The number of nitrogens with zero attached hydrogens (tertiary/aromatic N) is 3. The van der Waals surface area contributed by atoms with Gasteiger partial charge in [0.25, 0.3) is 0 Å². The molecule has 82 valence electrons. The number of aromatic nitrogens is 3. The maximum Gasteiger partial charge on any atom is 0.142 e. The molecular formula is C13H8FN3. The molecule has 0 bridgehead atoms. The second kappa shape index (κ2) is 3.90. The summed E-state index contributed by atoms with van der Waals surface area (Å²) in [5.74, 6) is -0.353. The van der Waals surface area contributed by atoms with Gasteiger partial charge in [0.05, 0.1) is 11.7 Å². The fourth-order valence-electron chi connectivity index (χ4n) is 1.81. The van der Waals surface area contributed by atoms with Gasteiger partial charge in [0.2, 0.25) is 0 Å². The Balaban J connectivity index is 2.30. The predicted molar refractivity (Wildman–Crippen MR) is 62.7 cm³/mol. The number of para-hydroxylation sites is 1. The summed E-state index contributed by atoms with van der Waals surface area (Å²) in [5.41, 5.74) is 2.38. The molecule has 3 rings (SSSR count). The molecule has 0 saturated carbocycles. The Labute approximate surface area is 97.0 Å². The molecule has 0 atom stereocenters. The van der Waals surface area contributed by atoms with Crippen LogP contribution in [0.5, 0.6) is 0 Å². The van der Waals surface area contributed by atoms with Crippen LogP contribution in [0.15, 0.2) is 49.2 Å². The highest BCUT2D eigenvalue weighted by Crippen LogP contribution is 2.26. The monoisotopic (exact) mass is 225 g/mol. The fraction of sp³-hybridized carbons (Fsp3) is 0. The third-order valence-corrected chi connectivity index (χ3v) is 2.55. The van der Waals surface area contributed by atoms with Crippen molar-refractivity contribution in [2.75, 3.05) is 0 Å². The Hall–Kier alpha value is -2.36. The van der Waals surface area contributed by atoms with Gasteiger partial charge in [-0.15, -0.1) is 0 Å². The highest BCUT2D eigenvalue weighted by atomic mass is 19.1. The molecule has 0 radical (unpaired) electrons. The maximum atomic E-state index is 13.2. The van der Waals surface area contributed by atoms with Gasteiger partial charge in [-0.05, 0) is 6.07 Å². The summed E-state index contributed by atoms with van der Waals surface area (Å²) >= 11 is 0. The molecule has 4 heteroatoms. The zero-order valence-electron chi connectivity index (χ0n) is 8.84. The van der Waals surface area contributed by atoms with Crippen molar-refractivity contribution >= 4 is 10.9 Å². The topological polar surface area (TPSA) is 38.7 Å². The second-order valence-corrected chi connectivity index (χ2v) is 3.66. The summed E-state index contributed by atoms with van der Waals surface area (Å²) < 4.78 is 13.2. The van der Waals surface area contributed by atoms with E-state index >= 15 is 0 Å². The van der Waals surface area contributed by atoms with Crippen molar-refractivity contribution < 1.29 is 4.39 Å². The third kappa shape index (κ3) is 1.73. The Bertz CT molecular complexity index is 677. The summed E-state index contributed by atoms with van der Waals surface area (Å²) in [7, 11) is 0. The van der Waals surface area contributed by atoms with Gasteiger partial charge < -0.3 is 0 Å². The number of hydrogen-bond acceptors (Lipinski definition) is 3. The van der Waals surface area contributed by atoms with Crippen molar-refractivity contribution in [1.82, 2.24) is 15.0 Å². The summed E-state index contributed by atoms with van der Waals surface area (Å²) in [5, 5.41) is 0.925. The van der Waals surface area contributed by atoms with Crippen molar-refractivity contribution in [2.24, 2.45) is 0 Å². The average Bonchev–Trinajstić information content (AvgIpc) is 2.38. The highest BCUT2D eigenvalue weighted by Gasteiger charge is 2.05. The van der Waals surface area contributed by atoms with E-state index in [1.54, 1.807) is 12.4 Å². The molecule has 0 spiro atoms. The number of rotatable bonds is 1. The van der Waals surface area contributed by atoms with Gasteiger partial charge in [-0.2, -0.15) is 0 Å². The Morgan fingerprint density at radius 3 is 2.82 bits per heavy atom. The van der Waals surface area contributed by atoms with Crippen LogP contribution in [0.4, 0.5) is 4.39 Å². The lowest BCUT2D eigenvalue weighted by Gasteiger charge is -2.04. The molecule has 0 fully saturated rings.